The number of thioether (sulfide) groups is 1. The van der Waals surface area contributed by atoms with Crippen molar-refractivity contribution in [3.8, 4) is 0 Å². The van der Waals surface area contributed by atoms with E-state index in [9.17, 15) is 9.59 Å². The maximum absolute atomic E-state index is 12.1. The minimum Gasteiger partial charge on any atom is -0.339 e. The highest BCUT2D eigenvalue weighted by Crippen LogP contribution is 2.19. The Bertz CT molecular complexity index is 931. The van der Waals surface area contributed by atoms with E-state index >= 15 is 0 Å². The Hall–Kier alpha value is -2.61. The molecule has 1 amide bonds. The minimum absolute atomic E-state index is 0.145. The number of imidazole rings is 1. The maximum Gasteiger partial charge on any atom is 0.277 e. The molecule has 1 aromatic carbocycles. The van der Waals surface area contributed by atoms with E-state index in [1.807, 2.05) is 32.0 Å². The molecule has 0 radical (unpaired) electrons. The molecule has 2 heterocycles. The van der Waals surface area contributed by atoms with Crippen LogP contribution < -0.4 is 10.9 Å². The van der Waals surface area contributed by atoms with Crippen molar-refractivity contribution in [3.05, 3.63) is 46.0 Å². The molecule has 7 nitrogen and oxygen atoms in total. The van der Waals surface area contributed by atoms with Crippen molar-refractivity contribution in [2.75, 3.05) is 11.1 Å². The number of aromatic amines is 2. The zero-order chi connectivity index (χ0) is 16.4. The Labute approximate surface area is 135 Å². The summed E-state index contributed by atoms with van der Waals surface area (Å²) in [5.74, 6) is -0.0137. The van der Waals surface area contributed by atoms with Gasteiger partial charge in [0.25, 0.3) is 5.56 Å². The summed E-state index contributed by atoms with van der Waals surface area (Å²) in [5.41, 5.74) is 3.31. The topological polar surface area (TPSA) is 104 Å². The van der Waals surface area contributed by atoms with Crippen molar-refractivity contribution >= 4 is 34.5 Å². The van der Waals surface area contributed by atoms with E-state index in [2.05, 4.69) is 25.3 Å². The first kappa shape index (κ1) is 15.3. The second kappa shape index (κ2) is 6.25. The fourth-order valence-corrected chi connectivity index (χ4v) is 2.75. The number of nitrogens with one attached hydrogen (secondary N) is 3. The molecule has 0 saturated heterocycles. The molecule has 0 saturated carbocycles. The molecular formula is C15H15N5O2S. The van der Waals surface area contributed by atoms with Crippen LogP contribution in [0.2, 0.25) is 0 Å². The first-order valence-corrected chi connectivity index (χ1v) is 7.95. The van der Waals surface area contributed by atoms with E-state index in [1.54, 1.807) is 0 Å². The number of amides is 1. The molecule has 3 N–H and O–H groups in total. The molecule has 23 heavy (non-hydrogen) atoms. The number of carbonyl (C=O) groups excluding carboxylic acids is 1. The summed E-state index contributed by atoms with van der Waals surface area (Å²) in [6.07, 6.45) is 1.41. The molecular weight excluding hydrogens is 314 g/mol. The molecule has 0 fully saturated rings. The van der Waals surface area contributed by atoms with Crippen LogP contribution in [0.3, 0.4) is 0 Å². The average molecular weight is 329 g/mol. The van der Waals surface area contributed by atoms with Gasteiger partial charge >= 0.3 is 0 Å². The number of aryl methyl sites for hydroxylation is 1. The molecule has 3 rings (SSSR count). The minimum atomic E-state index is -0.301. The highest BCUT2D eigenvalue weighted by molar-refractivity contribution is 7.99. The van der Waals surface area contributed by atoms with E-state index in [1.165, 1.54) is 6.33 Å². The lowest BCUT2D eigenvalue weighted by Gasteiger charge is -2.09. The number of hydrogen-bond acceptors (Lipinski definition) is 5. The van der Waals surface area contributed by atoms with E-state index < -0.39 is 0 Å². The zero-order valence-electron chi connectivity index (χ0n) is 12.6. The number of nitrogens with zero attached hydrogens (tertiary/aromatic N) is 2. The van der Waals surface area contributed by atoms with Gasteiger partial charge in [0.1, 0.15) is 0 Å². The molecule has 0 atom stereocenters. The van der Waals surface area contributed by atoms with Gasteiger partial charge in [0.15, 0.2) is 16.3 Å². The third-order valence-corrected chi connectivity index (χ3v) is 4.37. The Morgan fingerprint density at radius 1 is 1.35 bits per heavy atom. The molecule has 0 aliphatic carbocycles. The fourth-order valence-electron chi connectivity index (χ4n) is 2.10. The normalized spacial score (nSPS) is 10.9. The number of benzene rings is 1. The molecule has 0 aliphatic rings. The molecule has 118 valence electrons. The second-order valence-corrected chi connectivity index (χ2v) is 6.02. The summed E-state index contributed by atoms with van der Waals surface area (Å²) < 4.78 is 0. The van der Waals surface area contributed by atoms with Crippen molar-refractivity contribution in [1.29, 1.82) is 0 Å². The predicted molar refractivity (Wildman–Crippen MR) is 89.8 cm³/mol. The van der Waals surface area contributed by atoms with E-state index in [4.69, 9.17) is 0 Å². The van der Waals surface area contributed by atoms with Gasteiger partial charge in [-0.05, 0) is 31.0 Å². The van der Waals surface area contributed by atoms with Crippen LogP contribution >= 0.6 is 11.8 Å². The van der Waals surface area contributed by atoms with Gasteiger partial charge in [-0.1, -0.05) is 23.9 Å². The van der Waals surface area contributed by atoms with Gasteiger partial charge in [-0.15, -0.1) is 0 Å². The second-order valence-electron chi connectivity index (χ2n) is 5.06. The third kappa shape index (κ3) is 3.26. The first-order chi connectivity index (χ1) is 11.0. The van der Waals surface area contributed by atoms with Crippen molar-refractivity contribution in [2.24, 2.45) is 0 Å². The monoisotopic (exact) mass is 329 g/mol. The van der Waals surface area contributed by atoms with Crippen LogP contribution in [0.15, 0.2) is 34.5 Å². The van der Waals surface area contributed by atoms with E-state index in [0.29, 0.717) is 16.3 Å². The fraction of sp³-hybridized carbons (Fsp3) is 0.200. The highest BCUT2D eigenvalue weighted by Gasteiger charge is 2.10. The van der Waals surface area contributed by atoms with Crippen LogP contribution in [0, 0.1) is 13.8 Å². The SMILES string of the molecule is Cc1cccc(NC(=O)CSc2nc3nc[nH]c3c(=O)[nH]2)c1C. The van der Waals surface area contributed by atoms with Gasteiger partial charge < -0.3 is 10.3 Å². The van der Waals surface area contributed by atoms with E-state index in [0.717, 1.165) is 28.6 Å². The van der Waals surface area contributed by atoms with Crippen molar-refractivity contribution in [1.82, 2.24) is 19.9 Å². The van der Waals surface area contributed by atoms with Gasteiger partial charge in [-0.3, -0.25) is 14.6 Å². The molecule has 8 heteroatoms. The van der Waals surface area contributed by atoms with Crippen molar-refractivity contribution < 1.29 is 4.79 Å². The Kier molecular flexibility index (Phi) is 4.16. The van der Waals surface area contributed by atoms with Crippen LogP contribution in [0.1, 0.15) is 11.1 Å². The number of carbonyl (C=O) groups is 1. The standard InChI is InChI=1S/C15H15N5O2S/c1-8-4-3-5-10(9(8)2)18-11(21)6-23-15-19-13-12(14(22)20-15)16-7-17-13/h3-5,7H,6H2,1-2H3,(H,18,21)(H2,16,17,19,20,22). The van der Waals surface area contributed by atoms with Gasteiger partial charge in [-0.2, -0.15) is 0 Å². The van der Waals surface area contributed by atoms with Crippen molar-refractivity contribution in [3.63, 3.8) is 0 Å². The van der Waals surface area contributed by atoms with Crippen LogP contribution in [-0.4, -0.2) is 31.6 Å². The third-order valence-electron chi connectivity index (χ3n) is 3.49. The number of anilines is 1. The number of hydrogen-bond donors (Lipinski definition) is 3. The predicted octanol–water partition coefficient (Wildman–Crippen LogP) is 1.99. The number of aromatic nitrogens is 4. The lowest BCUT2D eigenvalue weighted by Crippen LogP contribution is -2.16. The van der Waals surface area contributed by atoms with Crippen LogP contribution in [-0.2, 0) is 4.79 Å². The number of rotatable bonds is 4. The molecule has 0 aliphatic heterocycles. The molecule has 0 spiro atoms. The summed E-state index contributed by atoms with van der Waals surface area (Å²) in [5, 5.41) is 3.23. The van der Waals surface area contributed by atoms with E-state index in [-0.39, 0.29) is 17.2 Å². The van der Waals surface area contributed by atoms with Gasteiger partial charge in [0, 0.05) is 5.69 Å². The largest absolute Gasteiger partial charge is 0.339 e. The summed E-state index contributed by atoms with van der Waals surface area (Å²) in [6, 6.07) is 5.75. The van der Waals surface area contributed by atoms with Gasteiger partial charge in [0.05, 0.1) is 12.1 Å². The van der Waals surface area contributed by atoms with Crippen molar-refractivity contribution in [2.45, 2.75) is 19.0 Å². The molecule has 3 aromatic rings. The van der Waals surface area contributed by atoms with Gasteiger partial charge in [0.2, 0.25) is 5.91 Å². The van der Waals surface area contributed by atoms with Gasteiger partial charge in [-0.25, -0.2) is 9.97 Å². The van der Waals surface area contributed by atoms with Crippen LogP contribution in [0.4, 0.5) is 5.69 Å². The number of H-pyrrole nitrogens is 2. The Morgan fingerprint density at radius 3 is 3.00 bits per heavy atom. The summed E-state index contributed by atoms with van der Waals surface area (Å²) in [7, 11) is 0. The Morgan fingerprint density at radius 2 is 2.17 bits per heavy atom. The lowest BCUT2D eigenvalue weighted by molar-refractivity contribution is -0.113. The zero-order valence-corrected chi connectivity index (χ0v) is 13.5. The van der Waals surface area contributed by atoms with Crippen LogP contribution in [0.25, 0.3) is 11.2 Å². The average Bonchev–Trinajstić information content (AvgIpc) is 2.99. The summed E-state index contributed by atoms with van der Waals surface area (Å²) in [6.45, 7) is 3.95. The number of fused-ring (bicyclic) bond motifs is 1. The lowest BCUT2D eigenvalue weighted by atomic mass is 10.1. The van der Waals surface area contributed by atoms with Crippen LogP contribution in [0.5, 0.6) is 0 Å². The quantitative estimate of drug-likeness (QED) is 0.502. The molecule has 2 aromatic heterocycles. The highest BCUT2D eigenvalue weighted by atomic mass is 32.2. The Balaban J connectivity index is 1.68. The molecule has 0 bridgehead atoms. The maximum atomic E-state index is 12.1. The summed E-state index contributed by atoms with van der Waals surface area (Å²) >= 11 is 1.16. The smallest absolute Gasteiger partial charge is 0.277 e. The molecule has 0 unspecified atom stereocenters. The first-order valence-electron chi connectivity index (χ1n) is 6.97. The summed E-state index contributed by atoms with van der Waals surface area (Å²) in [4.78, 5) is 37.4.